The van der Waals surface area contributed by atoms with E-state index in [1.165, 1.54) is 5.56 Å². The fraction of sp³-hybridized carbons (Fsp3) is 0.300. The van der Waals surface area contributed by atoms with Gasteiger partial charge in [-0.05, 0) is 47.7 Å². The van der Waals surface area contributed by atoms with E-state index in [1.54, 1.807) is 18.3 Å². The van der Waals surface area contributed by atoms with E-state index >= 15 is 0 Å². The smallest absolute Gasteiger partial charge is 0.277 e. The highest BCUT2D eigenvalue weighted by atomic mass is 35.5. The molecule has 0 fully saturated rings. The minimum atomic E-state index is -0.311. The van der Waals surface area contributed by atoms with Crippen LogP contribution in [0, 0.1) is 0 Å². The van der Waals surface area contributed by atoms with Gasteiger partial charge in [0.2, 0.25) is 0 Å². The number of hydrogen-bond acceptors (Lipinski definition) is 3. The Morgan fingerprint density at radius 2 is 1.88 bits per heavy atom. The number of carbonyl (C=O) groups excluding carboxylic acids is 1. The Labute approximate surface area is 153 Å². The molecular formula is C20H23ClN2O2. The third-order valence-corrected chi connectivity index (χ3v) is 4.07. The summed E-state index contributed by atoms with van der Waals surface area (Å²) >= 11 is 5.81. The van der Waals surface area contributed by atoms with Crippen molar-refractivity contribution >= 4 is 23.7 Å². The van der Waals surface area contributed by atoms with E-state index in [0.717, 1.165) is 18.4 Å². The fourth-order valence-corrected chi connectivity index (χ4v) is 2.53. The van der Waals surface area contributed by atoms with Crippen LogP contribution in [0.1, 0.15) is 43.7 Å². The lowest BCUT2D eigenvalue weighted by atomic mass is 9.97. The summed E-state index contributed by atoms with van der Waals surface area (Å²) in [5.74, 6) is 0.891. The van der Waals surface area contributed by atoms with Crippen LogP contribution in [0.2, 0.25) is 5.02 Å². The first-order valence-corrected chi connectivity index (χ1v) is 8.76. The van der Waals surface area contributed by atoms with Gasteiger partial charge in [-0.3, -0.25) is 4.79 Å². The molecule has 1 amide bonds. The van der Waals surface area contributed by atoms with Crippen molar-refractivity contribution in [1.82, 2.24) is 5.43 Å². The Balaban J connectivity index is 1.76. The molecule has 1 unspecified atom stereocenters. The molecule has 0 aliphatic heterocycles. The van der Waals surface area contributed by atoms with Crippen LogP contribution in [0.5, 0.6) is 5.75 Å². The first-order valence-electron chi connectivity index (χ1n) is 8.38. The van der Waals surface area contributed by atoms with Crippen molar-refractivity contribution in [3.05, 3.63) is 64.7 Å². The molecule has 1 atom stereocenters. The Morgan fingerprint density at radius 3 is 2.52 bits per heavy atom. The SMILES string of the molecule is CCCC(C)c1ccc(OCC(=O)N/N=C/c2ccc(Cl)cc2)cc1. The Hall–Kier alpha value is -2.33. The van der Waals surface area contributed by atoms with E-state index < -0.39 is 0 Å². The predicted molar refractivity (Wildman–Crippen MR) is 102 cm³/mol. The van der Waals surface area contributed by atoms with Crippen LogP contribution < -0.4 is 10.2 Å². The van der Waals surface area contributed by atoms with Crippen LogP contribution in [-0.2, 0) is 4.79 Å². The molecule has 2 aromatic rings. The summed E-state index contributed by atoms with van der Waals surface area (Å²) < 4.78 is 5.48. The number of halogens is 1. The van der Waals surface area contributed by atoms with Gasteiger partial charge in [-0.1, -0.05) is 56.1 Å². The Bertz CT molecular complexity index is 697. The minimum absolute atomic E-state index is 0.0815. The highest BCUT2D eigenvalue weighted by molar-refractivity contribution is 6.30. The molecule has 0 spiro atoms. The normalized spacial score (nSPS) is 12.1. The van der Waals surface area contributed by atoms with Crippen molar-refractivity contribution in [2.45, 2.75) is 32.6 Å². The summed E-state index contributed by atoms with van der Waals surface area (Å²) in [5.41, 5.74) is 4.57. The summed E-state index contributed by atoms with van der Waals surface area (Å²) in [4.78, 5) is 11.8. The largest absolute Gasteiger partial charge is 0.484 e. The van der Waals surface area contributed by atoms with Crippen molar-refractivity contribution in [3.8, 4) is 5.75 Å². The van der Waals surface area contributed by atoms with E-state index in [2.05, 4.69) is 24.4 Å². The number of ether oxygens (including phenoxy) is 1. The first-order chi connectivity index (χ1) is 12.1. The van der Waals surface area contributed by atoms with E-state index in [9.17, 15) is 4.79 Å². The van der Waals surface area contributed by atoms with Gasteiger partial charge >= 0.3 is 0 Å². The van der Waals surface area contributed by atoms with Crippen LogP contribution in [-0.4, -0.2) is 18.7 Å². The maximum Gasteiger partial charge on any atom is 0.277 e. The maximum absolute atomic E-state index is 11.8. The third kappa shape index (κ3) is 6.59. The number of rotatable bonds is 8. The minimum Gasteiger partial charge on any atom is -0.484 e. The van der Waals surface area contributed by atoms with Gasteiger partial charge in [-0.2, -0.15) is 5.10 Å². The number of benzene rings is 2. The Kier molecular flexibility index (Phi) is 7.48. The van der Waals surface area contributed by atoms with Crippen molar-refractivity contribution in [2.75, 3.05) is 6.61 Å². The molecule has 0 aliphatic rings. The van der Waals surface area contributed by atoms with Crippen molar-refractivity contribution in [3.63, 3.8) is 0 Å². The lowest BCUT2D eigenvalue weighted by Gasteiger charge is -2.11. The van der Waals surface area contributed by atoms with Crippen molar-refractivity contribution < 1.29 is 9.53 Å². The molecule has 0 aromatic heterocycles. The standard InChI is InChI=1S/C20H23ClN2O2/c1-3-4-15(2)17-7-11-19(12-8-17)25-14-20(24)23-22-13-16-5-9-18(21)10-6-16/h5-13,15H,3-4,14H2,1-2H3,(H,23,24)/b22-13+. The molecule has 5 heteroatoms. The van der Waals surface area contributed by atoms with E-state index in [0.29, 0.717) is 16.7 Å². The lowest BCUT2D eigenvalue weighted by Crippen LogP contribution is -2.24. The number of nitrogens with zero attached hydrogens (tertiary/aromatic N) is 1. The molecule has 0 saturated heterocycles. The van der Waals surface area contributed by atoms with E-state index in [4.69, 9.17) is 16.3 Å². The number of hydrazone groups is 1. The van der Waals surface area contributed by atoms with Gasteiger partial charge in [0.05, 0.1) is 6.21 Å². The lowest BCUT2D eigenvalue weighted by molar-refractivity contribution is -0.123. The molecule has 0 bridgehead atoms. The van der Waals surface area contributed by atoms with Gasteiger partial charge in [0, 0.05) is 5.02 Å². The highest BCUT2D eigenvalue weighted by Crippen LogP contribution is 2.22. The van der Waals surface area contributed by atoms with Gasteiger partial charge < -0.3 is 4.74 Å². The molecule has 132 valence electrons. The first kappa shape index (κ1) is 19.0. The zero-order chi connectivity index (χ0) is 18.1. The average molecular weight is 359 g/mol. The number of amides is 1. The summed E-state index contributed by atoms with van der Waals surface area (Å²) in [6, 6.07) is 15.0. The van der Waals surface area contributed by atoms with E-state index in [-0.39, 0.29) is 12.5 Å². The zero-order valence-electron chi connectivity index (χ0n) is 14.5. The van der Waals surface area contributed by atoms with Crippen LogP contribution >= 0.6 is 11.6 Å². The zero-order valence-corrected chi connectivity index (χ0v) is 15.3. The van der Waals surface area contributed by atoms with Gasteiger partial charge in [-0.25, -0.2) is 5.43 Å². The molecule has 0 saturated carbocycles. The second kappa shape index (κ2) is 9.84. The average Bonchev–Trinajstić information content (AvgIpc) is 2.62. The molecule has 25 heavy (non-hydrogen) atoms. The number of nitrogens with one attached hydrogen (secondary N) is 1. The summed E-state index contributed by atoms with van der Waals surface area (Å²) in [7, 11) is 0. The summed E-state index contributed by atoms with van der Waals surface area (Å²) in [6.07, 6.45) is 3.88. The van der Waals surface area contributed by atoms with E-state index in [1.807, 2.05) is 36.4 Å². The second-order valence-electron chi connectivity index (χ2n) is 5.89. The van der Waals surface area contributed by atoms with Crippen molar-refractivity contribution in [1.29, 1.82) is 0 Å². The van der Waals surface area contributed by atoms with Crippen LogP contribution in [0.3, 0.4) is 0 Å². The molecule has 0 aliphatic carbocycles. The van der Waals surface area contributed by atoms with Crippen LogP contribution in [0.25, 0.3) is 0 Å². The molecule has 0 heterocycles. The summed E-state index contributed by atoms with van der Waals surface area (Å²) in [6.45, 7) is 4.31. The number of hydrogen-bond donors (Lipinski definition) is 1. The Morgan fingerprint density at radius 1 is 1.20 bits per heavy atom. The molecular weight excluding hydrogens is 336 g/mol. The molecule has 1 N–H and O–H groups in total. The topological polar surface area (TPSA) is 50.7 Å². The van der Waals surface area contributed by atoms with Gasteiger partial charge in [0.15, 0.2) is 6.61 Å². The predicted octanol–water partition coefficient (Wildman–Crippen LogP) is 4.77. The third-order valence-electron chi connectivity index (χ3n) is 3.81. The van der Waals surface area contributed by atoms with Gasteiger partial charge in [0.1, 0.15) is 5.75 Å². The molecule has 2 aromatic carbocycles. The van der Waals surface area contributed by atoms with Crippen LogP contribution in [0.4, 0.5) is 0 Å². The van der Waals surface area contributed by atoms with Gasteiger partial charge in [-0.15, -0.1) is 0 Å². The monoisotopic (exact) mass is 358 g/mol. The van der Waals surface area contributed by atoms with Crippen molar-refractivity contribution in [2.24, 2.45) is 5.10 Å². The second-order valence-corrected chi connectivity index (χ2v) is 6.33. The fourth-order valence-electron chi connectivity index (χ4n) is 2.40. The maximum atomic E-state index is 11.8. The summed E-state index contributed by atoms with van der Waals surface area (Å²) in [5, 5.41) is 4.55. The molecule has 0 radical (unpaired) electrons. The van der Waals surface area contributed by atoms with Crippen LogP contribution in [0.15, 0.2) is 53.6 Å². The highest BCUT2D eigenvalue weighted by Gasteiger charge is 2.05. The van der Waals surface area contributed by atoms with Gasteiger partial charge in [0.25, 0.3) is 5.91 Å². The quantitative estimate of drug-likeness (QED) is 0.545. The number of carbonyl (C=O) groups is 1. The molecule has 2 rings (SSSR count). The molecule has 4 nitrogen and oxygen atoms in total.